The van der Waals surface area contributed by atoms with Crippen molar-refractivity contribution in [1.29, 1.82) is 0 Å². The van der Waals surface area contributed by atoms with E-state index in [-0.39, 0.29) is 35.5 Å². The molecule has 0 saturated carbocycles. The highest BCUT2D eigenvalue weighted by molar-refractivity contribution is 5.75. The second-order valence-electron chi connectivity index (χ2n) is 7.77. The van der Waals surface area contributed by atoms with Crippen LogP contribution in [0.4, 0.5) is 25.3 Å². The molecule has 0 spiro atoms. The molecular formula is C20H24F2N6O. The summed E-state index contributed by atoms with van der Waals surface area (Å²) in [5.41, 5.74) is 0.783. The van der Waals surface area contributed by atoms with Gasteiger partial charge in [0.25, 0.3) is 0 Å². The molecule has 4 rings (SSSR count). The third-order valence-corrected chi connectivity index (χ3v) is 5.73. The minimum Gasteiger partial charge on any atom is -0.371 e. The molecule has 7 nitrogen and oxygen atoms in total. The van der Waals surface area contributed by atoms with Crippen LogP contribution >= 0.6 is 0 Å². The molecule has 0 bridgehead atoms. The number of nitrogens with one attached hydrogen (secondary N) is 1. The number of halogens is 2. The zero-order chi connectivity index (χ0) is 20.7. The number of likely N-dealkylation sites (tertiary alicyclic amines) is 1. The number of fused-ring (bicyclic) bond motifs is 1. The molecule has 3 heterocycles. The second kappa shape index (κ2) is 7.46. The van der Waals surface area contributed by atoms with Crippen LogP contribution in [0.15, 0.2) is 30.5 Å². The Morgan fingerprint density at radius 3 is 2.72 bits per heavy atom. The Morgan fingerprint density at radius 2 is 2.03 bits per heavy atom. The van der Waals surface area contributed by atoms with Gasteiger partial charge >= 0.3 is 6.03 Å². The number of anilines is 2. The minimum absolute atomic E-state index is 0.0873. The first kappa shape index (κ1) is 19.4. The van der Waals surface area contributed by atoms with Crippen molar-refractivity contribution >= 4 is 17.8 Å². The van der Waals surface area contributed by atoms with Crippen LogP contribution in [0.5, 0.6) is 0 Å². The van der Waals surface area contributed by atoms with Crippen LogP contribution in [-0.2, 0) is 0 Å². The molecule has 2 aliphatic rings. The van der Waals surface area contributed by atoms with Gasteiger partial charge in [-0.3, -0.25) is 0 Å². The van der Waals surface area contributed by atoms with Gasteiger partial charge in [0.15, 0.2) is 11.6 Å². The van der Waals surface area contributed by atoms with E-state index >= 15 is 0 Å². The SMILES string of the molecule is CNc1nc(N2C[C@@H]3CN(C(=O)N(C)C)[C@@H](c4cccc(F)c4)[C@@H]3C2)ncc1F. The first-order valence-corrected chi connectivity index (χ1v) is 9.57. The van der Waals surface area contributed by atoms with Crippen LogP contribution in [0.25, 0.3) is 0 Å². The number of hydrogen-bond acceptors (Lipinski definition) is 5. The third kappa shape index (κ3) is 3.45. The number of hydrogen-bond donors (Lipinski definition) is 1. The average molecular weight is 402 g/mol. The number of benzene rings is 1. The fourth-order valence-electron chi connectivity index (χ4n) is 4.47. The Balaban J connectivity index is 1.64. The van der Waals surface area contributed by atoms with Crippen molar-refractivity contribution in [3.63, 3.8) is 0 Å². The molecular weight excluding hydrogens is 378 g/mol. The highest BCUT2D eigenvalue weighted by Gasteiger charge is 2.50. The molecule has 2 aliphatic heterocycles. The molecule has 2 aromatic rings. The highest BCUT2D eigenvalue weighted by Crippen LogP contribution is 2.46. The monoisotopic (exact) mass is 402 g/mol. The standard InChI is InChI=1S/C20H24F2N6O/c1-23-18-16(22)8-24-19(25-18)27-9-13-10-28(20(29)26(2)3)17(15(13)11-27)12-5-4-6-14(21)7-12/h4-8,13,15,17H,9-11H2,1-3H3,(H,23,24,25)/t13-,15-,17+/m1/s1. The summed E-state index contributed by atoms with van der Waals surface area (Å²) in [6.07, 6.45) is 1.16. The molecule has 2 fully saturated rings. The van der Waals surface area contributed by atoms with Crippen LogP contribution in [0.1, 0.15) is 11.6 Å². The second-order valence-corrected chi connectivity index (χ2v) is 7.77. The van der Waals surface area contributed by atoms with Crippen LogP contribution in [0.2, 0.25) is 0 Å². The van der Waals surface area contributed by atoms with Crippen LogP contribution in [0, 0.1) is 23.5 Å². The number of carbonyl (C=O) groups excluding carboxylic acids is 1. The summed E-state index contributed by atoms with van der Waals surface area (Å²) in [7, 11) is 5.05. The first-order chi connectivity index (χ1) is 13.9. The van der Waals surface area contributed by atoms with E-state index in [9.17, 15) is 13.6 Å². The molecule has 9 heteroatoms. The lowest BCUT2D eigenvalue weighted by atomic mass is 9.89. The van der Waals surface area contributed by atoms with E-state index in [0.717, 1.165) is 11.8 Å². The predicted molar refractivity (Wildman–Crippen MR) is 106 cm³/mol. The normalized spacial score (nSPS) is 23.3. The number of nitrogens with zero attached hydrogens (tertiary/aromatic N) is 5. The Hall–Kier alpha value is -2.97. The van der Waals surface area contributed by atoms with Crippen molar-refractivity contribution in [2.75, 3.05) is 51.0 Å². The van der Waals surface area contributed by atoms with Crippen LogP contribution in [0.3, 0.4) is 0 Å². The fraction of sp³-hybridized carbons (Fsp3) is 0.450. The van der Waals surface area contributed by atoms with Gasteiger partial charge in [-0.05, 0) is 17.7 Å². The van der Waals surface area contributed by atoms with Gasteiger partial charge in [-0.2, -0.15) is 4.98 Å². The van der Waals surface area contributed by atoms with Crippen molar-refractivity contribution in [3.8, 4) is 0 Å². The first-order valence-electron chi connectivity index (χ1n) is 9.57. The Kier molecular flexibility index (Phi) is 4.97. The molecule has 2 saturated heterocycles. The zero-order valence-corrected chi connectivity index (χ0v) is 16.6. The molecule has 1 aromatic carbocycles. The summed E-state index contributed by atoms with van der Waals surface area (Å²) < 4.78 is 27.7. The maximum Gasteiger partial charge on any atom is 0.320 e. The van der Waals surface area contributed by atoms with Gasteiger partial charge in [-0.15, -0.1) is 0 Å². The number of amides is 2. The van der Waals surface area contributed by atoms with Crippen molar-refractivity contribution in [2.45, 2.75) is 6.04 Å². The van der Waals surface area contributed by atoms with Crippen molar-refractivity contribution in [2.24, 2.45) is 11.8 Å². The van der Waals surface area contributed by atoms with E-state index in [1.165, 1.54) is 12.1 Å². The van der Waals surface area contributed by atoms with E-state index in [0.29, 0.717) is 25.6 Å². The van der Waals surface area contributed by atoms with E-state index in [1.54, 1.807) is 32.1 Å². The summed E-state index contributed by atoms with van der Waals surface area (Å²) in [5, 5.41) is 2.73. The van der Waals surface area contributed by atoms with E-state index < -0.39 is 5.82 Å². The van der Waals surface area contributed by atoms with Crippen molar-refractivity contribution in [3.05, 3.63) is 47.7 Å². The molecule has 0 aliphatic carbocycles. The van der Waals surface area contributed by atoms with Gasteiger partial charge in [0, 0.05) is 52.6 Å². The molecule has 2 amide bonds. The van der Waals surface area contributed by atoms with Crippen molar-refractivity contribution < 1.29 is 13.6 Å². The Morgan fingerprint density at radius 1 is 1.24 bits per heavy atom. The van der Waals surface area contributed by atoms with E-state index in [4.69, 9.17) is 0 Å². The molecule has 1 N–H and O–H groups in total. The van der Waals surface area contributed by atoms with E-state index in [2.05, 4.69) is 15.3 Å². The summed E-state index contributed by atoms with van der Waals surface area (Å²) in [6.45, 7) is 1.83. The summed E-state index contributed by atoms with van der Waals surface area (Å²) in [5.74, 6) is 0.0765. The molecule has 0 radical (unpaired) electrons. The Labute approximate surface area is 168 Å². The van der Waals surface area contributed by atoms with Gasteiger partial charge in [-0.25, -0.2) is 18.6 Å². The third-order valence-electron chi connectivity index (χ3n) is 5.73. The van der Waals surface area contributed by atoms with E-state index in [1.807, 2.05) is 15.9 Å². The fourth-order valence-corrected chi connectivity index (χ4v) is 4.47. The van der Waals surface area contributed by atoms with Crippen LogP contribution < -0.4 is 10.2 Å². The number of rotatable bonds is 3. The highest BCUT2D eigenvalue weighted by atomic mass is 19.1. The molecule has 1 aromatic heterocycles. The lowest BCUT2D eigenvalue weighted by Gasteiger charge is -2.32. The molecule has 0 unspecified atom stereocenters. The van der Waals surface area contributed by atoms with Gasteiger partial charge < -0.3 is 20.0 Å². The predicted octanol–water partition coefficient (Wildman–Crippen LogP) is 2.59. The lowest BCUT2D eigenvalue weighted by molar-refractivity contribution is 0.159. The number of urea groups is 1. The van der Waals surface area contributed by atoms with Gasteiger partial charge in [0.1, 0.15) is 5.82 Å². The quantitative estimate of drug-likeness (QED) is 0.855. The summed E-state index contributed by atoms with van der Waals surface area (Å²) in [4.78, 5) is 26.6. The maximum absolute atomic E-state index is 13.9. The number of aromatic nitrogens is 2. The maximum atomic E-state index is 13.9. The van der Waals surface area contributed by atoms with Gasteiger partial charge in [0.05, 0.1) is 12.2 Å². The summed E-state index contributed by atoms with van der Waals surface area (Å²) in [6, 6.07) is 6.11. The van der Waals surface area contributed by atoms with Gasteiger partial charge in [0.2, 0.25) is 5.95 Å². The molecule has 3 atom stereocenters. The number of carbonyl (C=O) groups is 1. The molecule has 29 heavy (non-hydrogen) atoms. The van der Waals surface area contributed by atoms with Gasteiger partial charge in [-0.1, -0.05) is 12.1 Å². The minimum atomic E-state index is -0.504. The zero-order valence-electron chi connectivity index (χ0n) is 16.6. The summed E-state index contributed by atoms with van der Waals surface area (Å²) >= 11 is 0. The topological polar surface area (TPSA) is 64.6 Å². The largest absolute Gasteiger partial charge is 0.371 e. The Bertz CT molecular complexity index is 924. The average Bonchev–Trinajstić information content (AvgIpc) is 3.25. The van der Waals surface area contributed by atoms with Crippen molar-refractivity contribution in [1.82, 2.24) is 19.8 Å². The lowest BCUT2D eigenvalue weighted by Crippen LogP contribution is -2.41. The van der Waals surface area contributed by atoms with Crippen LogP contribution in [-0.4, -0.2) is 66.6 Å². The molecule has 154 valence electrons. The smallest absolute Gasteiger partial charge is 0.320 e.